The first kappa shape index (κ1) is 24.3. The van der Waals surface area contributed by atoms with Gasteiger partial charge in [0, 0.05) is 35.9 Å². The molecule has 2 heterocycles. The minimum Gasteiger partial charge on any atom is -0.497 e. The Kier molecular flexibility index (Phi) is 6.92. The zero-order chi connectivity index (χ0) is 25.2. The molecule has 0 aromatic heterocycles. The number of methoxy groups -OCH3 is 1. The van der Waals surface area contributed by atoms with Crippen LogP contribution in [0.3, 0.4) is 0 Å². The molecule has 7 heteroatoms. The number of carbonyl (C=O) groups excluding carboxylic acids is 2. The van der Waals surface area contributed by atoms with Gasteiger partial charge in [-0.05, 0) is 67.5 Å². The smallest absolute Gasteiger partial charge is 0.336 e. The Balaban J connectivity index is 1.49. The fourth-order valence-corrected chi connectivity index (χ4v) is 5.43. The number of carbonyl (C=O) groups is 2. The molecule has 0 radical (unpaired) electrons. The molecule has 1 saturated heterocycles. The minimum absolute atomic E-state index is 0.0316. The molecule has 3 atom stereocenters. The summed E-state index contributed by atoms with van der Waals surface area (Å²) in [6.07, 6.45) is 2.61. The highest BCUT2D eigenvalue weighted by atomic mass is 19.1. The maximum Gasteiger partial charge on any atom is 0.336 e. The van der Waals surface area contributed by atoms with E-state index < -0.39 is 11.9 Å². The maximum absolute atomic E-state index is 13.6. The summed E-state index contributed by atoms with van der Waals surface area (Å²) in [7, 11) is 1.60. The van der Waals surface area contributed by atoms with Crippen molar-refractivity contribution in [2.45, 2.75) is 50.5 Å². The standard InChI is InChI=1S/C29H30FNO5/c1-17-26(29(33)36-16-23-4-3-13-35-23)27(19-7-11-22(34-2)12-8-19)28-24(31-17)14-20(15-25(28)32)18-5-9-21(30)10-6-18/h5-12,20,23,27,31H,3-4,13-16H2,1-2H3/t20-,23+,27+/m0/s1. The van der Waals surface area contributed by atoms with Crippen LogP contribution in [0.1, 0.15) is 55.6 Å². The van der Waals surface area contributed by atoms with Crippen LogP contribution in [0.25, 0.3) is 0 Å². The predicted molar refractivity (Wildman–Crippen MR) is 132 cm³/mol. The summed E-state index contributed by atoms with van der Waals surface area (Å²) in [5, 5.41) is 3.35. The Morgan fingerprint density at radius 1 is 1.08 bits per heavy atom. The van der Waals surface area contributed by atoms with E-state index in [-0.39, 0.29) is 36.7 Å². The first-order valence-corrected chi connectivity index (χ1v) is 12.4. The SMILES string of the molecule is COc1ccc([C@@H]2C(C(=O)OC[C@H]3CCCO3)=C(C)NC3=C2C(=O)C[C@@H](c2ccc(F)cc2)C3)cc1. The zero-order valence-corrected chi connectivity index (χ0v) is 20.5. The van der Waals surface area contributed by atoms with E-state index in [2.05, 4.69) is 5.32 Å². The van der Waals surface area contributed by atoms with Gasteiger partial charge in [-0.3, -0.25) is 4.79 Å². The first-order chi connectivity index (χ1) is 17.4. The Bertz CT molecular complexity index is 1210. The number of dihydropyridines is 1. The molecule has 188 valence electrons. The second-order valence-electron chi connectivity index (χ2n) is 9.58. The largest absolute Gasteiger partial charge is 0.497 e. The molecule has 2 aromatic rings. The number of ether oxygens (including phenoxy) is 3. The Morgan fingerprint density at radius 2 is 1.81 bits per heavy atom. The van der Waals surface area contributed by atoms with Crippen LogP contribution >= 0.6 is 0 Å². The third kappa shape index (κ3) is 4.80. The molecule has 0 unspecified atom stereocenters. The molecule has 0 bridgehead atoms. The molecule has 1 fully saturated rings. The number of esters is 1. The third-order valence-corrected chi connectivity index (χ3v) is 7.26. The van der Waals surface area contributed by atoms with E-state index >= 15 is 0 Å². The van der Waals surface area contributed by atoms with E-state index in [4.69, 9.17) is 14.2 Å². The number of benzene rings is 2. The minimum atomic E-state index is -0.550. The lowest BCUT2D eigenvalue weighted by atomic mass is 9.71. The van der Waals surface area contributed by atoms with Crippen LogP contribution in [0.4, 0.5) is 4.39 Å². The summed E-state index contributed by atoms with van der Waals surface area (Å²) < 4.78 is 30.1. The molecular formula is C29H30FNO5. The fraction of sp³-hybridized carbons (Fsp3) is 0.379. The molecule has 1 aliphatic carbocycles. The second kappa shape index (κ2) is 10.3. The van der Waals surface area contributed by atoms with Crippen molar-refractivity contribution in [2.24, 2.45) is 0 Å². The van der Waals surface area contributed by atoms with Gasteiger partial charge >= 0.3 is 5.97 Å². The van der Waals surface area contributed by atoms with Crippen molar-refractivity contribution in [3.63, 3.8) is 0 Å². The zero-order valence-electron chi connectivity index (χ0n) is 20.5. The van der Waals surface area contributed by atoms with Crippen molar-refractivity contribution in [2.75, 3.05) is 20.3 Å². The molecule has 0 spiro atoms. The second-order valence-corrected chi connectivity index (χ2v) is 9.58. The number of hydrogen-bond acceptors (Lipinski definition) is 6. The molecule has 36 heavy (non-hydrogen) atoms. The normalized spacial score (nSPS) is 23.9. The van der Waals surface area contributed by atoms with Crippen molar-refractivity contribution in [3.05, 3.63) is 88.0 Å². The monoisotopic (exact) mass is 491 g/mol. The summed E-state index contributed by atoms with van der Waals surface area (Å²) in [4.78, 5) is 27.0. The van der Waals surface area contributed by atoms with Crippen molar-refractivity contribution in [1.82, 2.24) is 5.32 Å². The lowest BCUT2D eigenvalue weighted by Gasteiger charge is -2.36. The van der Waals surface area contributed by atoms with Crippen molar-refractivity contribution < 1.29 is 28.2 Å². The highest BCUT2D eigenvalue weighted by Gasteiger charge is 2.41. The number of halogens is 1. The molecule has 6 nitrogen and oxygen atoms in total. The van der Waals surface area contributed by atoms with Crippen molar-refractivity contribution in [3.8, 4) is 5.75 Å². The van der Waals surface area contributed by atoms with Crippen LogP contribution in [0.15, 0.2) is 71.1 Å². The van der Waals surface area contributed by atoms with Gasteiger partial charge in [-0.25, -0.2) is 9.18 Å². The Labute approximate surface area is 210 Å². The third-order valence-electron chi connectivity index (χ3n) is 7.26. The number of hydrogen-bond donors (Lipinski definition) is 1. The van der Waals surface area contributed by atoms with Crippen molar-refractivity contribution >= 4 is 11.8 Å². The molecule has 5 rings (SSSR count). The summed E-state index contributed by atoms with van der Waals surface area (Å²) in [5.41, 5.74) is 4.23. The summed E-state index contributed by atoms with van der Waals surface area (Å²) in [5.74, 6) is -0.711. The van der Waals surface area contributed by atoms with Gasteiger partial charge in [-0.1, -0.05) is 24.3 Å². The van der Waals surface area contributed by atoms with E-state index in [0.717, 1.165) is 29.7 Å². The molecule has 2 aromatic carbocycles. The lowest BCUT2D eigenvalue weighted by molar-refractivity contribution is -0.142. The van der Waals surface area contributed by atoms with Gasteiger partial charge in [0.1, 0.15) is 18.2 Å². The highest BCUT2D eigenvalue weighted by Crippen LogP contribution is 2.46. The van der Waals surface area contributed by atoms with Crippen molar-refractivity contribution in [1.29, 1.82) is 0 Å². The summed E-state index contributed by atoms with van der Waals surface area (Å²) in [6, 6.07) is 13.8. The Hall–Kier alpha value is -3.45. The van der Waals surface area contributed by atoms with Crippen LogP contribution in [-0.4, -0.2) is 38.2 Å². The quantitative estimate of drug-likeness (QED) is 0.579. The fourth-order valence-electron chi connectivity index (χ4n) is 5.43. The number of Topliss-reactive ketones (excluding diaryl/α,β-unsaturated/α-hetero) is 1. The lowest BCUT2D eigenvalue weighted by Crippen LogP contribution is -2.36. The molecule has 3 aliphatic rings. The van der Waals surface area contributed by atoms with E-state index in [1.807, 2.05) is 31.2 Å². The van der Waals surface area contributed by atoms with Gasteiger partial charge in [0.25, 0.3) is 0 Å². The molecule has 0 amide bonds. The molecule has 2 aliphatic heterocycles. The van der Waals surface area contributed by atoms with Gasteiger partial charge in [0.15, 0.2) is 5.78 Å². The number of ketones is 1. The maximum atomic E-state index is 13.6. The van der Waals surface area contributed by atoms with Gasteiger partial charge in [0.2, 0.25) is 0 Å². The van der Waals surface area contributed by atoms with E-state index in [1.165, 1.54) is 12.1 Å². The van der Waals surface area contributed by atoms with E-state index in [0.29, 0.717) is 35.6 Å². The van der Waals surface area contributed by atoms with Crippen LogP contribution in [-0.2, 0) is 19.1 Å². The molecular weight excluding hydrogens is 461 g/mol. The number of rotatable bonds is 6. The van der Waals surface area contributed by atoms with E-state index in [1.54, 1.807) is 19.2 Å². The average Bonchev–Trinajstić information content (AvgIpc) is 3.40. The van der Waals surface area contributed by atoms with Gasteiger partial charge in [0.05, 0.1) is 18.8 Å². The number of nitrogens with one attached hydrogen (secondary N) is 1. The van der Waals surface area contributed by atoms with Crippen LogP contribution in [0.2, 0.25) is 0 Å². The topological polar surface area (TPSA) is 73.9 Å². The van der Waals surface area contributed by atoms with Crippen LogP contribution in [0.5, 0.6) is 5.75 Å². The summed E-state index contributed by atoms with van der Waals surface area (Å²) >= 11 is 0. The molecule has 0 saturated carbocycles. The highest BCUT2D eigenvalue weighted by molar-refractivity contribution is 6.04. The Morgan fingerprint density at radius 3 is 2.47 bits per heavy atom. The molecule has 1 N–H and O–H groups in total. The van der Waals surface area contributed by atoms with Gasteiger partial charge < -0.3 is 19.5 Å². The number of allylic oxidation sites excluding steroid dienone is 3. The van der Waals surface area contributed by atoms with Gasteiger partial charge in [-0.2, -0.15) is 0 Å². The van der Waals surface area contributed by atoms with Gasteiger partial charge in [-0.15, -0.1) is 0 Å². The first-order valence-electron chi connectivity index (χ1n) is 12.4. The van der Waals surface area contributed by atoms with Crippen LogP contribution in [0, 0.1) is 5.82 Å². The average molecular weight is 492 g/mol. The summed E-state index contributed by atoms with van der Waals surface area (Å²) in [6.45, 7) is 2.71. The van der Waals surface area contributed by atoms with E-state index in [9.17, 15) is 14.0 Å². The predicted octanol–water partition coefficient (Wildman–Crippen LogP) is 4.92. The van der Waals surface area contributed by atoms with Crippen LogP contribution < -0.4 is 10.1 Å².